The van der Waals surface area contributed by atoms with Crippen LogP contribution in [0.1, 0.15) is 0 Å². The van der Waals surface area contributed by atoms with E-state index in [1.54, 1.807) is 18.2 Å². The van der Waals surface area contributed by atoms with Crippen LogP contribution in [0.15, 0.2) is 40.9 Å². The fraction of sp³-hybridized carbons (Fsp3) is 0. The molecule has 2 N–H and O–H groups in total. The van der Waals surface area contributed by atoms with E-state index in [0.29, 0.717) is 5.75 Å². The Morgan fingerprint density at radius 3 is 2.78 bits per heavy atom. The zero-order valence-electron chi connectivity index (χ0n) is 9.04. The fourth-order valence-electron chi connectivity index (χ4n) is 1.32. The summed E-state index contributed by atoms with van der Waals surface area (Å²) in [5.41, 5.74) is 5.32. The van der Waals surface area contributed by atoms with Crippen LogP contribution in [0.25, 0.3) is 0 Å². The van der Waals surface area contributed by atoms with Crippen molar-refractivity contribution in [2.45, 2.75) is 0 Å². The summed E-state index contributed by atoms with van der Waals surface area (Å²) in [7, 11) is 0. The van der Waals surface area contributed by atoms with Gasteiger partial charge in [-0.15, -0.1) is 0 Å². The predicted molar refractivity (Wildman–Crippen MR) is 69.5 cm³/mol. The highest BCUT2D eigenvalue weighted by Gasteiger charge is 2.11. The minimum absolute atomic E-state index is 0.0363. The number of ether oxygens (including phenoxy) is 1. The fourth-order valence-corrected chi connectivity index (χ4v) is 1.70. The van der Waals surface area contributed by atoms with E-state index in [0.717, 1.165) is 4.47 Å². The Labute approximate surface area is 111 Å². The molecule has 1 aromatic heterocycles. The molecular formula is C11H8BrN3O3. The van der Waals surface area contributed by atoms with Crippen molar-refractivity contribution >= 4 is 27.4 Å². The van der Waals surface area contributed by atoms with Gasteiger partial charge in [-0.3, -0.25) is 10.1 Å². The van der Waals surface area contributed by atoms with Crippen molar-refractivity contribution < 1.29 is 9.66 Å². The molecule has 0 bridgehead atoms. The van der Waals surface area contributed by atoms with Crippen LogP contribution in [0.5, 0.6) is 11.6 Å². The molecule has 0 aliphatic rings. The van der Waals surface area contributed by atoms with E-state index in [4.69, 9.17) is 10.5 Å². The highest BCUT2D eigenvalue weighted by Crippen LogP contribution is 2.26. The van der Waals surface area contributed by atoms with E-state index in [9.17, 15) is 10.1 Å². The standard InChI is InChI=1S/C11H8BrN3O3/c12-7-2-1-3-9(4-7)18-11-6-8(15(16)17)5-10(13)14-11/h1-6H,(H2,13,14). The van der Waals surface area contributed by atoms with Gasteiger partial charge in [0.1, 0.15) is 11.6 Å². The van der Waals surface area contributed by atoms with Gasteiger partial charge in [0.2, 0.25) is 5.88 Å². The van der Waals surface area contributed by atoms with Crippen LogP contribution in [0, 0.1) is 10.1 Å². The van der Waals surface area contributed by atoms with E-state index in [1.165, 1.54) is 12.1 Å². The molecule has 0 amide bonds. The predicted octanol–water partition coefficient (Wildman–Crippen LogP) is 3.13. The molecule has 1 aromatic carbocycles. The van der Waals surface area contributed by atoms with E-state index in [-0.39, 0.29) is 17.4 Å². The van der Waals surface area contributed by atoms with Crippen LogP contribution in [0.4, 0.5) is 11.5 Å². The molecule has 7 heteroatoms. The van der Waals surface area contributed by atoms with Gasteiger partial charge in [-0.25, -0.2) is 0 Å². The van der Waals surface area contributed by atoms with Crippen molar-refractivity contribution in [1.29, 1.82) is 0 Å². The molecule has 0 saturated carbocycles. The quantitative estimate of drug-likeness (QED) is 0.694. The van der Waals surface area contributed by atoms with Gasteiger partial charge < -0.3 is 10.5 Å². The second kappa shape index (κ2) is 5.01. The first-order valence-corrected chi connectivity index (χ1v) is 5.69. The Kier molecular flexibility index (Phi) is 3.42. The third kappa shape index (κ3) is 2.95. The summed E-state index contributed by atoms with van der Waals surface area (Å²) in [5.74, 6) is 0.630. The lowest BCUT2D eigenvalue weighted by atomic mass is 10.3. The number of rotatable bonds is 3. The van der Waals surface area contributed by atoms with E-state index >= 15 is 0 Å². The molecule has 0 saturated heterocycles. The lowest BCUT2D eigenvalue weighted by molar-refractivity contribution is -0.384. The summed E-state index contributed by atoms with van der Waals surface area (Å²) in [6.07, 6.45) is 0. The third-order valence-corrected chi connectivity index (χ3v) is 2.53. The largest absolute Gasteiger partial charge is 0.439 e. The second-order valence-corrected chi connectivity index (χ2v) is 4.32. The molecule has 2 aromatic rings. The Balaban J connectivity index is 2.31. The Morgan fingerprint density at radius 2 is 2.11 bits per heavy atom. The van der Waals surface area contributed by atoms with Gasteiger partial charge in [0, 0.05) is 4.47 Å². The molecule has 0 unspecified atom stereocenters. The van der Waals surface area contributed by atoms with Gasteiger partial charge in [0.15, 0.2) is 0 Å². The SMILES string of the molecule is Nc1cc([N+](=O)[O-])cc(Oc2cccc(Br)c2)n1. The van der Waals surface area contributed by atoms with Crippen molar-refractivity contribution in [2.24, 2.45) is 0 Å². The maximum Gasteiger partial charge on any atom is 0.278 e. The van der Waals surface area contributed by atoms with Crippen molar-refractivity contribution in [3.05, 3.63) is 51.0 Å². The molecule has 0 fully saturated rings. The number of nitro groups is 1. The van der Waals surface area contributed by atoms with E-state index in [1.807, 2.05) is 6.07 Å². The number of anilines is 1. The van der Waals surface area contributed by atoms with Gasteiger partial charge in [0.05, 0.1) is 17.1 Å². The smallest absolute Gasteiger partial charge is 0.278 e. The zero-order chi connectivity index (χ0) is 13.1. The van der Waals surface area contributed by atoms with Crippen LogP contribution >= 0.6 is 15.9 Å². The molecule has 6 nitrogen and oxygen atoms in total. The summed E-state index contributed by atoms with van der Waals surface area (Å²) in [6, 6.07) is 9.44. The summed E-state index contributed by atoms with van der Waals surface area (Å²) in [5, 5.41) is 10.7. The number of benzene rings is 1. The number of hydrogen-bond acceptors (Lipinski definition) is 5. The molecule has 18 heavy (non-hydrogen) atoms. The summed E-state index contributed by atoms with van der Waals surface area (Å²) < 4.78 is 6.24. The molecule has 0 atom stereocenters. The number of aromatic nitrogens is 1. The van der Waals surface area contributed by atoms with Gasteiger partial charge in [-0.2, -0.15) is 4.98 Å². The Morgan fingerprint density at radius 1 is 1.33 bits per heavy atom. The van der Waals surface area contributed by atoms with E-state index in [2.05, 4.69) is 20.9 Å². The topological polar surface area (TPSA) is 91.3 Å². The third-order valence-electron chi connectivity index (χ3n) is 2.04. The molecule has 92 valence electrons. The molecule has 1 heterocycles. The number of nitrogen functional groups attached to an aromatic ring is 1. The number of hydrogen-bond donors (Lipinski definition) is 1. The average molecular weight is 310 g/mol. The number of pyridine rings is 1. The van der Waals surface area contributed by atoms with Crippen LogP contribution < -0.4 is 10.5 Å². The summed E-state index contributed by atoms with van der Waals surface area (Å²) in [4.78, 5) is 14.0. The number of nitrogens with zero attached hydrogens (tertiary/aromatic N) is 2. The first-order chi connectivity index (χ1) is 8.54. The second-order valence-electron chi connectivity index (χ2n) is 3.40. The highest BCUT2D eigenvalue weighted by atomic mass is 79.9. The zero-order valence-corrected chi connectivity index (χ0v) is 10.6. The van der Waals surface area contributed by atoms with Gasteiger partial charge in [-0.05, 0) is 18.2 Å². The van der Waals surface area contributed by atoms with Crippen LogP contribution in [0.3, 0.4) is 0 Å². The maximum atomic E-state index is 10.7. The molecule has 0 aliphatic carbocycles. The molecule has 2 rings (SSSR count). The maximum absolute atomic E-state index is 10.7. The lowest BCUT2D eigenvalue weighted by Crippen LogP contribution is -1.97. The Hall–Kier alpha value is -2.15. The highest BCUT2D eigenvalue weighted by molar-refractivity contribution is 9.10. The average Bonchev–Trinajstić information content (AvgIpc) is 2.28. The molecule has 0 aliphatic heterocycles. The lowest BCUT2D eigenvalue weighted by Gasteiger charge is -2.05. The minimum Gasteiger partial charge on any atom is -0.439 e. The number of nitrogens with two attached hydrogens (primary N) is 1. The van der Waals surface area contributed by atoms with Gasteiger partial charge in [-0.1, -0.05) is 22.0 Å². The molecule has 0 spiro atoms. The van der Waals surface area contributed by atoms with Gasteiger partial charge >= 0.3 is 0 Å². The number of halogens is 1. The van der Waals surface area contributed by atoms with Gasteiger partial charge in [0.25, 0.3) is 5.69 Å². The molecular weight excluding hydrogens is 302 g/mol. The molecule has 0 radical (unpaired) electrons. The van der Waals surface area contributed by atoms with Crippen molar-refractivity contribution in [2.75, 3.05) is 5.73 Å². The van der Waals surface area contributed by atoms with Crippen LogP contribution in [-0.4, -0.2) is 9.91 Å². The Bertz CT molecular complexity index is 604. The minimum atomic E-state index is -0.550. The van der Waals surface area contributed by atoms with Crippen LogP contribution in [0.2, 0.25) is 0 Å². The first-order valence-electron chi connectivity index (χ1n) is 4.90. The van der Waals surface area contributed by atoms with Crippen molar-refractivity contribution in [1.82, 2.24) is 4.98 Å². The van der Waals surface area contributed by atoms with Crippen molar-refractivity contribution in [3.8, 4) is 11.6 Å². The normalized spacial score (nSPS) is 10.1. The monoisotopic (exact) mass is 309 g/mol. The van der Waals surface area contributed by atoms with E-state index < -0.39 is 4.92 Å². The summed E-state index contributed by atoms with van der Waals surface area (Å²) in [6.45, 7) is 0. The first kappa shape index (κ1) is 12.3. The van der Waals surface area contributed by atoms with Crippen LogP contribution in [-0.2, 0) is 0 Å². The van der Waals surface area contributed by atoms with Crippen molar-refractivity contribution in [3.63, 3.8) is 0 Å². The summed E-state index contributed by atoms with van der Waals surface area (Å²) >= 11 is 3.29.